The highest BCUT2D eigenvalue weighted by molar-refractivity contribution is 7.99. The van der Waals surface area contributed by atoms with Crippen molar-refractivity contribution in [3.8, 4) is 11.4 Å². The van der Waals surface area contributed by atoms with E-state index in [1.165, 1.54) is 36.3 Å². The first-order valence-corrected chi connectivity index (χ1v) is 10.4. The van der Waals surface area contributed by atoms with Crippen LogP contribution in [0.5, 0.6) is 0 Å². The summed E-state index contributed by atoms with van der Waals surface area (Å²) in [7, 11) is 0. The van der Waals surface area contributed by atoms with Crippen LogP contribution in [0.2, 0.25) is 0 Å². The number of halogens is 3. The zero-order valence-electron chi connectivity index (χ0n) is 16.1. The van der Waals surface area contributed by atoms with Crippen molar-refractivity contribution in [2.75, 3.05) is 5.75 Å². The minimum absolute atomic E-state index is 0.0567. The number of rotatable bonds is 5. The highest BCUT2D eigenvalue weighted by Gasteiger charge is 2.42. The van der Waals surface area contributed by atoms with Crippen LogP contribution in [-0.2, 0) is 12.1 Å². The fourth-order valence-electron chi connectivity index (χ4n) is 3.41. The van der Waals surface area contributed by atoms with Gasteiger partial charge in [-0.2, -0.15) is 17.9 Å². The first kappa shape index (κ1) is 20.7. The third-order valence-corrected chi connectivity index (χ3v) is 6.03. The van der Waals surface area contributed by atoms with Gasteiger partial charge in [0.05, 0.1) is 16.6 Å². The van der Waals surface area contributed by atoms with Crippen molar-refractivity contribution < 1.29 is 17.9 Å². The third kappa shape index (κ3) is 3.89. The molecule has 0 radical (unpaired) electrons. The fraction of sp³-hybridized carbons (Fsp3) is 0.350. The van der Waals surface area contributed by atoms with Crippen molar-refractivity contribution in [3.05, 3.63) is 57.8 Å². The summed E-state index contributed by atoms with van der Waals surface area (Å²) in [5.41, 5.74) is 6.45. The van der Waals surface area contributed by atoms with E-state index in [-0.39, 0.29) is 5.52 Å². The molecule has 10 heteroatoms. The van der Waals surface area contributed by atoms with Crippen molar-refractivity contribution in [2.24, 2.45) is 5.73 Å². The molecule has 3 heterocycles. The average molecular weight is 436 g/mol. The molecule has 1 fully saturated rings. The lowest BCUT2D eigenvalue weighted by Crippen LogP contribution is -2.33. The SMILES string of the molecule is CCSc1cc(C2(N)CC2)c[n+]([O-])c1-c1cc2ccc(=O)n(CC(F)(F)F)c2cn1. The Kier molecular flexibility index (Phi) is 5.01. The standard InChI is InChI=1S/C20H19F3N4O2S/c1-2-30-16-8-13(19(24)5-6-19)10-27(29)18(16)14-7-12-3-4-17(28)26(11-20(21,22)23)15(12)9-25-14/h3-4,7-10H,2,5-6,11,24H2,1H3. The van der Waals surface area contributed by atoms with Gasteiger partial charge in [-0.25, -0.2) is 4.98 Å². The van der Waals surface area contributed by atoms with Crippen molar-refractivity contribution >= 4 is 22.7 Å². The number of fused-ring (bicyclic) bond motifs is 1. The summed E-state index contributed by atoms with van der Waals surface area (Å²) < 4.78 is 40.0. The number of nitrogens with zero attached hydrogens (tertiary/aromatic N) is 3. The van der Waals surface area contributed by atoms with Crippen LogP contribution in [0.4, 0.5) is 13.2 Å². The van der Waals surface area contributed by atoms with Crippen molar-refractivity contribution in [1.82, 2.24) is 9.55 Å². The molecule has 4 rings (SSSR count). The van der Waals surface area contributed by atoms with Crippen molar-refractivity contribution in [2.45, 2.75) is 42.9 Å². The van der Waals surface area contributed by atoms with Gasteiger partial charge in [-0.15, -0.1) is 11.8 Å². The van der Waals surface area contributed by atoms with E-state index in [1.807, 2.05) is 13.0 Å². The molecule has 3 aromatic heterocycles. The van der Waals surface area contributed by atoms with Crippen LogP contribution in [0, 0.1) is 5.21 Å². The van der Waals surface area contributed by atoms with Crippen molar-refractivity contribution in [3.63, 3.8) is 0 Å². The summed E-state index contributed by atoms with van der Waals surface area (Å²) in [6, 6.07) is 5.94. The van der Waals surface area contributed by atoms with E-state index in [1.54, 1.807) is 0 Å². The fourth-order valence-corrected chi connectivity index (χ4v) is 4.26. The molecule has 1 saturated carbocycles. The van der Waals surface area contributed by atoms with Crippen LogP contribution in [0.1, 0.15) is 25.3 Å². The summed E-state index contributed by atoms with van der Waals surface area (Å²) in [4.78, 5) is 16.9. The van der Waals surface area contributed by atoms with Gasteiger partial charge in [0.25, 0.3) is 11.3 Å². The maximum Gasteiger partial charge on any atom is 0.406 e. The second kappa shape index (κ2) is 7.28. The van der Waals surface area contributed by atoms with Crippen LogP contribution >= 0.6 is 11.8 Å². The Morgan fingerprint density at radius 3 is 2.70 bits per heavy atom. The molecule has 1 aliphatic carbocycles. The summed E-state index contributed by atoms with van der Waals surface area (Å²) in [6.45, 7) is 0.547. The Hall–Kier alpha value is -2.59. The van der Waals surface area contributed by atoms with Gasteiger partial charge in [-0.3, -0.25) is 9.36 Å². The average Bonchev–Trinajstić information content (AvgIpc) is 3.42. The van der Waals surface area contributed by atoms with Gasteiger partial charge in [0.1, 0.15) is 12.2 Å². The molecule has 0 amide bonds. The highest BCUT2D eigenvalue weighted by Crippen LogP contribution is 2.44. The lowest BCUT2D eigenvalue weighted by molar-refractivity contribution is -0.596. The Morgan fingerprint density at radius 2 is 2.07 bits per heavy atom. The van der Waals surface area contributed by atoms with Crippen molar-refractivity contribution in [1.29, 1.82) is 0 Å². The molecule has 0 spiro atoms. The smallest absolute Gasteiger partial charge is 0.406 e. The number of alkyl halides is 3. The summed E-state index contributed by atoms with van der Waals surface area (Å²) in [5.74, 6) is 0.715. The molecule has 158 valence electrons. The molecular weight excluding hydrogens is 417 g/mol. The van der Waals surface area contributed by atoms with E-state index in [2.05, 4.69) is 4.98 Å². The van der Waals surface area contributed by atoms with Crippen LogP contribution in [0.15, 0.2) is 46.3 Å². The van der Waals surface area contributed by atoms with Gasteiger partial charge < -0.3 is 10.9 Å². The molecule has 0 saturated heterocycles. The van der Waals surface area contributed by atoms with Crippen LogP contribution in [0.25, 0.3) is 22.3 Å². The molecule has 6 nitrogen and oxygen atoms in total. The number of thioether (sulfide) groups is 1. The number of aromatic nitrogens is 3. The third-order valence-electron chi connectivity index (χ3n) is 5.12. The minimum atomic E-state index is -4.55. The van der Waals surface area contributed by atoms with Crippen LogP contribution < -0.4 is 16.0 Å². The molecule has 0 unspecified atom stereocenters. The predicted molar refractivity (Wildman–Crippen MR) is 108 cm³/mol. The Balaban J connectivity index is 1.86. The van der Waals surface area contributed by atoms with Gasteiger partial charge in [-0.05, 0) is 36.8 Å². The zero-order chi connectivity index (χ0) is 21.7. The van der Waals surface area contributed by atoms with Crippen LogP contribution in [0.3, 0.4) is 0 Å². The number of pyridine rings is 3. The lowest BCUT2D eigenvalue weighted by Gasteiger charge is -2.15. The first-order chi connectivity index (χ1) is 14.1. The molecule has 30 heavy (non-hydrogen) atoms. The number of hydrogen-bond acceptors (Lipinski definition) is 5. The summed E-state index contributed by atoms with van der Waals surface area (Å²) >= 11 is 1.47. The summed E-state index contributed by atoms with van der Waals surface area (Å²) in [6.07, 6.45) is -0.270. The zero-order valence-corrected chi connectivity index (χ0v) is 16.9. The van der Waals surface area contributed by atoms with Gasteiger partial charge in [0, 0.05) is 22.6 Å². The Morgan fingerprint density at radius 1 is 1.33 bits per heavy atom. The van der Waals surface area contributed by atoms with Crippen LogP contribution in [-0.4, -0.2) is 21.5 Å². The van der Waals surface area contributed by atoms with Gasteiger partial charge in [0.2, 0.25) is 0 Å². The Bertz CT molecular complexity index is 1190. The Labute approximate surface area is 174 Å². The molecule has 1 aliphatic rings. The second-order valence-corrected chi connectivity index (χ2v) is 8.66. The lowest BCUT2D eigenvalue weighted by atomic mass is 10.1. The normalized spacial score (nSPS) is 15.5. The minimum Gasteiger partial charge on any atom is -0.618 e. The van der Waals surface area contributed by atoms with E-state index in [4.69, 9.17) is 5.73 Å². The summed E-state index contributed by atoms with van der Waals surface area (Å²) in [5, 5.41) is 13.2. The van der Waals surface area contributed by atoms with Gasteiger partial charge >= 0.3 is 6.18 Å². The van der Waals surface area contributed by atoms with E-state index in [0.29, 0.717) is 32.0 Å². The topological polar surface area (TPSA) is 87.9 Å². The monoisotopic (exact) mass is 436 g/mol. The quantitative estimate of drug-likeness (QED) is 0.377. The van der Waals surface area contributed by atoms with Gasteiger partial charge in [-0.1, -0.05) is 6.92 Å². The molecular formula is C20H19F3N4O2S. The number of nitrogens with two attached hydrogens (primary N) is 1. The molecule has 0 aromatic carbocycles. The molecule has 0 atom stereocenters. The van der Waals surface area contributed by atoms with E-state index < -0.39 is 23.8 Å². The second-order valence-electron chi connectivity index (χ2n) is 7.36. The van der Waals surface area contributed by atoms with E-state index in [0.717, 1.165) is 29.2 Å². The van der Waals surface area contributed by atoms with E-state index in [9.17, 15) is 23.2 Å². The largest absolute Gasteiger partial charge is 0.618 e. The first-order valence-electron chi connectivity index (χ1n) is 9.37. The van der Waals surface area contributed by atoms with Gasteiger partial charge in [0.15, 0.2) is 6.20 Å². The molecule has 0 bridgehead atoms. The molecule has 2 N–H and O–H groups in total. The molecule has 3 aromatic rings. The highest BCUT2D eigenvalue weighted by atomic mass is 32.2. The maximum atomic E-state index is 12.9. The number of hydrogen-bond donors (Lipinski definition) is 1. The maximum absolute atomic E-state index is 12.9. The van der Waals surface area contributed by atoms with E-state index >= 15 is 0 Å². The molecule has 0 aliphatic heterocycles. The predicted octanol–water partition coefficient (Wildman–Crippen LogP) is 3.32.